The molecule has 4 rings (SSSR count). The van der Waals surface area contributed by atoms with Gasteiger partial charge in [-0.15, -0.1) is 0 Å². The zero-order valence-corrected chi connectivity index (χ0v) is 16.8. The summed E-state index contributed by atoms with van der Waals surface area (Å²) in [5.74, 6) is 1.37. The number of likely N-dealkylation sites (tertiary alicyclic amines) is 2. The van der Waals surface area contributed by atoms with Gasteiger partial charge in [0.15, 0.2) is 0 Å². The maximum atomic E-state index is 13.3. The summed E-state index contributed by atoms with van der Waals surface area (Å²) in [5, 5.41) is 0. The van der Waals surface area contributed by atoms with Crippen LogP contribution in [0.15, 0.2) is 30.3 Å². The van der Waals surface area contributed by atoms with Crippen molar-refractivity contribution in [2.24, 2.45) is 11.8 Å². The number of hydrogen-bond acceptors (Lipinski definition) is 2. The van der Waals surface area contributed by atoms with Crippen molar-refractivity contribution < 1.29 is 4.79 Å². The minimum absolute atomic E-state index is 0.286. The van der Waals surface area contributed by atoms with Gasteiger partial charge in [0.25, 0.3) is 0 Å². The molecule has 3 aliphatic rings. The Balaban J connectivity index is 1.32. The van der Waals surface area contributed by atoms with Crippen molar-refractivity contribution >= 4 is 5.91 Å². The van der Waals surface area contributed by atoms with Crippen molar-refractivity contribution in [3.05, 3.63) is 35.9 Å². The Morgan fingerprint density at radius 3 is 2.26 bits per heavy atom. The number of benzene rings is 1. The van der Waals surface area contributed by atoms with Crippen LogP contribution in [0, 0.1) is 11.8 Å². The molecule has 0 unspecified atom stereocenters. The zero-order chi connectivity index (χ0) is 18.5. The summed E-state index contributed by atoms with van der Waals surface area (Å²) in [7, 11) is 0. The predicted molar refractivity (Wildman–Crippen MR) is 111 cm³/mol. The van der Waals surface area contributed by atoms with E-state index in [-0.39, 0.29) is 5.92 Å². The van der Waals surface area contributed by atoms with Gasteiger partial charge in [-0.05, 0) is 69.5 Å². The number of carbonyl (C=O) groups excluding carboxylic acids is 1. The summed E-state index contributed by atoms with van der Waals surface area (Å²) in [5.41, 5.74) is 1.34. The Morgan fingerprint density at radius 1 is 0.815 bits per heavy atom. The van der Waals surface area contributed by atoms with E-state index in [0.29, 0.717) is 11.8 Å². The summed E-state index contributed by atoms with van der Waals surface area (Å²) in [6.07, 6.45) is 12.6. The van der Waals surface area contributed by atoms with Gasteiger partial charge in [0.2, 0.25) is 5.91 Å². The van der Waals surface area contributed by atoms with Gasteiger partial charge in [-0.25, -0.2) is 0 Å². The van der Waals surface area contributed by atoms with Gasteiger partial charge in [0, 0.05) is 25.0 Å². The summed E-state index contributed by atoms with van der Waals surface area (Å²) in [6, 6.07) is 11.5. The molecule has 1 amide bonds. The molecule has 0 aromatic heterocycles. The minimum Gasteiger partial charge on any atom is -0.342 e. The molecule has 3 fully saturated rings. The van der Waals surface area contributed by atoms with Crippen molar-refractivity contribution in [1.82, 2.24) is 9.80 Å². The molecule has 27 heavy (non-hydrogen) atoms. The maximum Gasteiger partial charge on any atom is 0.225 e. The van der Waals surface area contributed by atoms with Gasteiger partial charge < -0.3 is 9.80 Å². The first-order valence-electron chi connectivity index (χ1n) is 11.4. The maximum absolute atomic E-state index is 13.3. The highest BCUT2D eigenvalue weighted by atomic mass is 16.2. The lowest BCUT2D eigenvalue weighted by Crippen LogP contribution is -2.45. The number of amides is 1. The standard InChI is InChI=1S/C24H36N2O/c27-24-23(21-14-18-25(19-15-21)22-10-4-5-11-22)12-6-7-16-26(24)17-13-20-8-2-1-3-9-20/h1-3,8-9,21-23H,4-7,10-19H2/t23-/m0/s1. The van der Waals surface area contributed by atoms with Crippen molar-refractivity contribution in [1.29, 1.82) is 0 Å². The van der Waals surface area contributed by atoms with Gasteiger partial charge in [0.1, 0.15) is 0 Å². The molecule has 1 aliphatic carbocycles. The summed E-state index contributed by atoms with van der Waals surface area (Å²) < 4.78 is 0. The Kier molecular flexibility index (Phi) is 6.49. The SMILES string of the molecule is O=C1[C@H](C2CCN(C3CCCC3)CC2)CCCCN1CCc1ccccc1. The molecule has 1 aromatic rings. The lowest BCUT2D eigenvalue weighted by molar-refractivity contribution is -0.137. The number of rotatable bonds is 5. The smallest absolute Gasteiger partial charge is 0.225 e. The Morgan fingerprint density at radius 2 is 1.52 bits per heavy atom. The van der Waals surface area contributed by atoms with E-state index in [9.17, 15) is 4.79 Å². The van der Waals surface area contributed by atoms with Gasteiger partial charge in [0.05, 0.1) is 0 Å². The van der Waals surface area contributed by atoms with Crippen LogP contribution in [-0.4, -0.2) is 47.9 Å². The molecule has 148 valence electrons. The summed E-state index contributed by atoms with van der Waals surface area (Å²) in [4.78, 5) is 18.2. The van der Waals surface area contributed by atoms with E-state index in [0.717, 1.165) is 32.0 Å². The average molecular weight is 369 g/mol. The van der Waals surface area contributed by atoms with Gasteiger partial charge >= 0.3 is 0 Å². The van der Waals surface area contributed by atoms with Crippen molar-refractivity contribution in [3.8, 4) is 0 Å². The van der Waals surface area contributed by atoms with Crippen LogP contribution >= 0.6 is 0 Å². The molecule has 2 aliphatic heterocycles. The van der Waals surface area contributed by atoms with E-state index in [4.69, 9.17) is 0 Å². The third-order valence-corrected chi connectivity index (χ3v) is 7.32. The Hall–Kier alpha value is -1.35. The summed E-state index contributed by atoms with van der Waals surface area (Å²) >= 11 is 0. The number of nitrogens with zero attached hydrogens (tertiary/aromatic N) is 2. The minimum atomic E-state index is 0.286. The van der Waals surface area contributed by atoms with E-state index < -0.39 is 0 Å². The van der Waals surface area contributed by atoms with Crippen LogP contribution in [0.25, 0.3) is 0 Å². The quantitative estimate of drug-likeness (QED) is 0.763. The number of hydrogen-bond donors (Lipinski definition) is 0. The van der Waals surface area contributed by atoms with Crippen LogP contribution in [0.5, 0.6) is 0 Å². The monoisotopic (exact) mass is 368 g/mol. The van der Waals surface area contributed by atoms with Crippen LogP contribution in [-0.2, 0) is 11.2 Å². The van der Waals surface area contributed by atoms with E-state index in [1.165, 1.54) is 70.0 Å². The van der Waals surface area contributed by atoms with Crippen LogP contribution in [0.1, 0.15) is 63.4 Å². The molecule has 0 N–H and O–H groups in total. The molecule has 3 nitrogen and oxygen atoms in total. The largest absolute Gasteiger partial charge is 0.342 e. The van der Waals surface area contributed by atoms with Crippen LogP contribution in [0.2, 0.25) is 0 Å². The molecule has 2 saturated heterocycles. The molecule has 1 aromatic carbocycles. The number of carbonyl (C=O) groups is 1. The molecular formula is C24H36N2O. The molecule has 0 bridgehead atoms. The summed E-state index contributed by atoms with van der Waals surface area (Å²) in [6.45, 7) is 4.30. The highest BCUT2D eigenvalue weighted by molar-refractivity contribution is 5.79. The first kappa shape index (κ1) is 19.0. The second-order valence-electron chi connectivity index (χ2n) is 8.97. The van der Waals surface area contributed by atoms with E-state index in [1.54, 1.807) is 0 Å². The molecular weight excluding hydrogens is 332 g/mol. The topological polar surface area (TPSA) is 23.6 Å². The normalized spacial score (nSPS) is 26.4. The fourth-order valence-electron chi connectivity index (χ4n) is 5.66. The van der Waals surface area contributed by atoms with Crippen molar-refractivity contribution in [2.75, 3.05) is 26.2 Å². The Labute approximate surface area is 165 Å². The second-order valence-corrected chi connectivity index (χ2v) is 8.97. The highest BCUT2D eigenvalue weighted by Crippen LogP contribution is 2.34. The van der Waals surface area contributed by atoms with Gasteiger partial charge in [-0.2, -0.15) is 0 Å². The van der Waals surface area contributed by atoms with Crippen LogP contribution < -0.4 is 0 Å². The highest BCUT2D eigenvalue weighted by Gasteiger charge is 2.36. The molecule has 2 heterocycles. The number of piperidine rings is 1. The predicted octanol–water partition coefficient (Wildman–Crippen LogP) is 4.51. The molecule has 0 radical (unpaired) electrons. The van der Waals surface area contributed by atoms with Gasteiger partial charge in [-0.3, -0.25) is 4.79 Å². The lowest BCUT2D eigenvalue weighted by atomic mass is 9.80. The molecule has 0 spiro atoms. The van der Waals surface area contributed by atoms with Crippen LogP contribution in [0.3, 0.4) is 0 Å². The second kappa shape index (κ2) is 9.23. The fourth-order valence-corrected chi connectivity index (χ4v) is 5.66. The van der Waals surface area contributed by atoms with E-state index in [2.05, 4.69) is 40.1 Å². The molecule has 3 heteroatoms. The van der Waals surface area contributed by atoms with Crippen molar-refractivity contribution in [2.45, 2.75) is 70.3 Å². The first-order chi connectivity index (χ1) is 13.3. The molecule has 1 saturated carbocycles. The van der Waals surface area contributed by atoms with E-state index in [1.807, 2.05) is 0 Å². The van der Waals surface area contributed by atoms with Crippen molar-refractivity contribution in [3.63, 3.8) is 0 Å². The third kappa shape index (κ3) is 4.74. The Bertz CT molecular complexity index is 588. The first-order valence-corrected chi connectivity index (χ1v) is 11.4. The van der Waals surface area contributed by atoms with Crippen LogP contribution in [0.4, 0.5) is 0 Å². The zero-order valence-electron chi connectivity index (χ0n) is 16.8. The van der Waals surface area contributed by atoms with E-state index >= 15 is 0 Å². The third-order valence-electron chi connectivity index (χ3n) is 7.32. The van der Waals surface area contributed by atoms with Gasteiger partial charge in [-0.1, -0.05) is 49.6 Å². The lowest BCUT2D eigenvalue weighted by Gasteiger charge is -2.39. The average Bonchev–Trinajstić information content (AvgIpc) is 3.19. The molecule has 1 atom stereocenters. The fraction of sp³-hybridized carbons (Fsp3) is 0.708.